The minimum Gasteiger partial charge on any atom is -0.486 e. The van der Waals surface area contributed by atoms with Crippen molar-refractivity contribution >= 4 is 27.8 Å². The van der Waals surface area contributed by atoms with Crippen LogP contribution in [-0.4, -0.2) is 38.2 Å². The second kappa shape index (κ2) is 8.71. The van der Waals surface area contributed by atoms with Gasteiger partial charge in [-0.3, -0.25) is 4.79 Å². The van der Waals surface area contributed by atoms with E-state index in [2.05, 4.69) is 21.2 Å². The van der Waals surface area contributed by atoms with E-state index in [0.717, 1.165) is 17.1 Å². The highest BCUT2D eigenvalue weighted by molar-refractivity contribution is 9.10. The maximum Gasteiger partial charge on any atom is 0.339 e. The molecule has 0 aromatic heterocycles. The molecule has 136 valence electrons. The zero-order chi connectivity index (χ0) is 18.4. The number of hydrogen-bond acceptors (Lipinski definition) is 5. The Balaban J connectivity index is 1.42. The number of benzene rings is 2. The first-order chi connectivity index (χ1) is 12.6. The molecule has 0 saturated carbocycles. The Morgan fingerprint density at radius 3 is 2.65 bits per heavy atom. The van der Waals surface area contributed by atoms with Crippen LogP contribution in [-0.2, 0) is 16.0 Å². The third-order valence-corrected chi connectivity index (χ3v) is 4.46. The summed E-state index contributed by atoms with van der Waals surface area (Å²) in [6.45, 7) is 1.21. The molecule has 0 saturated heterocycles. The summed E-state index contributed by atoms with van der Waals surface area (Å²) in [5.41, 5.74) is 1.41. The number of esters is 1. The summed E-state index contributed by atoms with van der Waals surface area (Å²) in [5.74, 6) is 0.577. The summed E-state index contributed by atoms with van der Waals surface area (Å²) in [6, 6.07) is 12.6. The number of rotatable bonds is 6. The molecular weight excluding hydrogens is 402 g/mol. The van der Waals surface area contributed by atoms with Crippen molar-refractivity contribution in [3.8, 4) is 11.5 Å². The first-order valence-electron chi connectivity index (χ1n) is 8.20. The van der Waals surface area contributed by atoms with E-state index in [-0.39, 0.29) is 12.5 Å². The SMILES string of the molecule is O=C(COC(=O)c1ccccc1Br)NCCc1ccc2c(c1)OCCO2. The lowest BCUT2D eigenvalue weighted by atomic mass is 10.1. The number of amides is 1. The third kappa shape index (κ3) is 4.76. The number of halogens is 1. The standard InChI is InChI=1S/C19H18BrNO5/c20-15-4-2-1-3-14(15)19(23)26-12-18(22)21-8-7-13-5-6-16-17(11-13)25-10-9-24-16/h1-6,11H,7-10,12H2,(H,21,22). The second-order valence-electron chi connectivity index (χ2n) is 5.63. The number of nitrogens with one attached hydrogen (secondary N) is 1. The Morgan fingerprint density at radius 1 is 1.08 bits per heavy atom. The Kier molecular flexibility index (Phi) is 6.12. The van der Waals surface area contributed by atoms with E-state index < -0.39 is 5.97 Å². The van der Waals surface area contributed by atoms with Crippen LogP contribution < -0.4 is 14.8 Å². The van der Waals surface area contributed by atoms with Crippen LogP contribution in [0, 0.1) is 0 Å². The molecule has 1 amide bonds. The molecule has 26 heavy (non-hydrogen) atoms. The molecule has 0 atom stereocenters. The van der Waals surface area contributed by atoms with Crippen molar-refractivity contribution in [2.24, 2.45) is 0 Å². The van der Waals surface area contributed by atoms with Gasteiger partial charge in [-0.05, 0) is 52.2 Å². The quantitative estimate of drug-likeness (QED) is 0.728. The van der Waals surface area contributed by atoms with E-state index in [1.165, 1.54) is 0 Å². The van der Waals surface area contributed by atoms with Crippen LogP contribution >= 0.6 is 15.9 Å². The predicted octanol–water partition coefficient (Wildman–Crippen LogP) is 2.74. The zero-order valence-electron chi connectivity index (χ0n) is 14.0. The van der Waals surface area contributed by atoms with E-state index in [1.54, 1.807) is 24.3 Å². The first kappa shape index (κ1) is 18.3. The first-order valence-corrected chi connectivity index (χ1v) is 8.99. The number of ether oxygens (including phenoxy) is 3. The second-order valence-corrected chi connectivity index (χ2v) is 6.49. The number of carbonyl (C=O) groups is 2. The van der Waals surface area contributed by atoms with Crippen LogP contribution in [0.25, 0.3) is 0 Å². The lowest BCUT2D eigenvalue weighted by molar-refractivity contribution is -0.124. The predicted molar refractivity (Wildman–Crippen MR) is 98.6 cm³/mol. The van der Waals surface area contributed by atoms with Gasteiger partial charge < -0.3 is 19.5 Å². The lowest BCUT2D eigenvalue weighted by Crippen LogP contribution is -2.30. The van der Waals surface area contributed by atoms with E-state index in [9.17, 15) is 9.59 Å². The van der Waals surface area contributed by atoms with Gasteiger partial charge in [0, 0.05) is 11.0 Å². The van der Waals surface area contributed by atoms with E-state index in [1.807, 2.05) is 18.2 Å². The average molecular weight is 420 g/mol. The molecule has 1 aliphatic heterocycles. The summed E-state index contributed by atoms with van der Waals surface area (Å²) in [7, 11) is 0. The molecule has 0 aliphatic carbocycles. The van der Waals surface area contributed by atoms with Crippen molar-refractivity contribution < 1.29 is 23.8 Å². The smallest absolute Gasteiger partial charge is 0.339 e. The van der Waals surface area contributed by atoms with Gasteiger partial charge in [0.1, 0.15) is 13.2 Å². The van der Waals surface area contributed by atoms with Crippen LogP contribution in [0.1, 0.15) is 15.9 Å². The average Bonchev–Trinajstić information content (AvgIpc) is 2.66. The molecule has 0 spiro atoms. The summed E-state index contributed by atoms with van der Waals surface area (Å²) >= 11 is 3.28. The Morgan fingerprint density at radius 2 is 1.85 bits per heavy atom. The summed E-state index contributed by atoms with van der Waals surface area (Å²) in [6.07, 6.45) is 0.639. The van der Waals surface area contributed by atoms with Crippen LogP contribution in [0.2, 0.25) is 0 Å². The number of fused-ring (bicyclic) bond motifs is 1. The maximum absolute atomic E-state index is 11.9. The number of hydrogen-bond donors (Lipinski definition) is 1. The molecule has 0 radical (unpaired) electrons. The Labute approximate surface area is 159 Å². The largest absolute Gasteiger partial charge is 0.486 e. The van der Waals surface area contributed by atoms with Crippen LogP contribution in [0.15, 0.2) is 46.9 Å². The van der Waals surface area contributed by atoms with Crippen molar-refractivity contribution in [3.05, 3.63) is 58.1 Å². The molecular formula is C19H18BrNO5. The highest BCUT2D eigenvalue weighted by Crippen LogP contribution is 2.30. The van der Waals surface area contributed by atoms with Crippen molar-refractivity contribution in [2.45, 2.75) is 6.42 Å². The highest BCUT2D eigenvalue weighted by atomic mass is 79.9. The molecule has 2 aromatic rings. The lowest BCUT2D eigenvalue weighted by Gasteiger charge is -2.18. The minimum absolute atomic E-state index is 0.318. The topological polar surface area (TPSA) is 73.9 Å². The monoisotopic (exact) mass is 419 g/mol. The third-order valence-electron chi connectivity index (χ3n) is 3.77. The van der Waals surface area contributed by atoms with Crippen LogP contribution in [0.5, 0.6) is 11.5 Å². The Bertz CT molecular complexity index is 808. The van der Waals surface area contributed by atoms with Crippen LogP contribution in [0.3, 0.4) is 0 Å². The molecule has 3 rings (SSSR count). The van der Waals surface area contributed by atoms with Gasteiger partial charge in [0.25, 0.3) is 5.91 Å². The maximum atomic E-state index is 11.9. The molecule has 1 aliphatic rings. The van der Waals surface area contributed by atoms with Crippen LogP contribution in [0.4, 0.5) is 0 Å². The van der Waals surface area contributed by atoms with Gasteiger partial charge in [-0.25, -0.2) is 4.79 Å². The van der Waals surface area contributed by atoms with Gasteiger partial charge >= 0.3 is 5.97 Å². The fraction of sp³-hybridized carbons (Fsp3) is 0.263. The molecule has 1 N–H and O–H groups in total. The minimum atomic E-state index is -0.542. The molecule has 0 fully saturated rings. The molecule has 7 heteroatoms. The van der Waals surface area contributed by atoms with Gasteiger partial charge in [-0.2, -0.15) is 0 Å². The summed E-state index contributed by atoms with van der Waals surface area (Å²) in [5, 5.41) is 2.73. The molecule has 6 nitrogen and oxygen atoms in total. The molecule has 2 aromatic carbocycles. The van der Waals surface area contributed by atoms with Gasteiger partial charge in [-0.15, -0.1) is 0 Å². The fourth-order valence-electron chi connectivity index (χ4n) is 2.48. The highest BCUT2D eigenvalue weighted by Gasteiger charge is 2.13. The van der Waals surface area contributed by atoms with Crippen molar-refractivity contribution in [2.75, 3.05) is 26.4 Å². The fourth-order valence-corrected chi connectivity index (χ4v) is 2.92. The van der Waals surface area contributed by atoms with Crippen molar-refractivity contribution in [1.82, 2.24) is 5.32 Å². The Hall–Kier alpha value is -2.54. The van der Waals surface area contributed by atoms with E-state index in [4.69, 9.17) is 14.2 Å². The summed E-state index contributed by atoms with van der Waals surface area (Å²) in [4.78, 5) is 23.8. The van der Waals surface area contributed by atoms with E-state index in [0.29, 0.717) is 36.2 Å². The van der Waals surface area contributed by atoms with Crippen molar-refractivity contribution in [3.63, 3.8) is 0 Å². The molecule has 0 bridgehead atoms. The number of carbonyl (C=O) groups excluding carboxylic acids is 2. The molecule has 0 unspecified atom stereocenters. The van der Waals surface area contributed by atoms with Gasteiger partial charge in [-0.1, -0.05) is 18.2 Å². The zero-order valence-corrected chi connectivity index (χ0v) is 15.6. The van der Waals surface area contributed by atoms with Gasteiger partial charge in [0.05, 0.1) is 5.56 Å². The van der Waals surface area contributed by atoms with Gasteiger partial charge in [0.2, 0.25) is 0 Å². The van der Waals surface area contributed by atoms with Gasteiger partial charge in [0.15, 0.2) is 18.1 Å². The van der Waals surface area contributed by atoms with E-state index >= 15 is 0 Å². The summed E-state index contributed by atoms with van der Waals surface area (Å²) < 4.78 is 16.7. The normalized spacial score (nSPS) is 12.3. The molecule has 1 heterocycles. The van der Waals surface area contributed by atoms with Crippen molar-refractivity contribution in [1.29, 1.82) is 0 Å².